The first-order valence-corrected chi connectivity index (χ1v) is 13.2. The lowest BCUT2D eigenvalue weighted by Crippen LogP contribution is -2.55. The number of nitrogens with zero attached hydrogens (tertiary/aromatic N) is 3. The lowest BCUT2D eigenvalue weighted by Gasteiger charge is -2.45. The lowest BCUT2D eigenvalue weighted by atomic mass is 9.83. The number of fused-ring (bicyclic) bond motifs is 1. The van der Waals surface area contributed by atoms with Crippen LogP contribution in [0.3, 0.4) is 0 Å². The van der Waals surface area contributed by atoms with E-state index in [-0.39, 0.29) is 23.8 Å². The second kappa shape index (κ2) is 9.87. The van der Waals surface area contributed by atoms with Crippen LogP contribution in [0, 0.1) is 12.8 Å². The molecule has 34 heavy (non-hydrogen) atoms. The minimum atomic E-state index is 0.0160. The molecule has 2 aromatic rings. The van der Waals surface area contributed by atoms with E-state index in [4.69, 9.17) is 0 Å². The van der Waals surface area contributed by atoms with Crippen LogP contribution in [0.15, 0.2) is 59.5 Å². The van der Waals surface area contributed by atoms with Crippen molar-refractivity contribution >= 4 is 35.3 Å². The molecule has 178 valence electrons. The third-order valence-corrected chi connectivity index (χ3v) is 9.00. The monoisotopic (exact) mass is 475 g/mol. The zero-order valence-electron chi connectivity index (χ0n) is 20.0. The highest BCUT2D eigenvalue weighted by Gasteiger charge is 2.43. The molecule has 5 nitrogen and oxygen atoms in total. The number of thioether (sulfide) groups is 1. The number of piperazine rings is 1. The fourth-order valence-corrected chi connectivity index (χ4v) is 6.96. The quantitative estimate of drug-likeness (QED) is 0.616. The van der Waals surface area contributed by atoms with Crippen molar-refractivity contribution in [2.45, 2.75) is 37.5 Å². The van der Waals surface area contributed by atoms with Gasteiger partial charge in [0.15, 0.2) is 0 Å². The van der Waals surface area contributed by atoms with Gasteiger partial charge in [-0.25, -0.2) is 0 Å². The minimum Gasteiger partial charge on any atom is -0.368 e. The van der Waals surface area contributed by atoms with Gasteiger partial charge in [0.05, 0.1) is 4.91 Å². The summed E-state index contributed by atoms with van der Waals surface area (Å²) < 4.78 is 0. The Hall–Kier alpha value is -2.73. The van der Waals surface area contributed by atoms with E-state index < -0.39 is 0 Å². The maximum atomic E-state index is 13.4. The maximum Gasteiger partial charge on any atom is 0.260 e. The van der Waals surface area contributed by atoms with Crippen molar-refractivity contribution in [1.82, 2.24) is 9.80 Å². The van der Waals surface area contributed by atoms with Gasteiger partial charge in [0, 0.05) is 56.1 Å². The second-order valence-electron chi connectivity index (χ2n) is 9.66. The Labute approximate surface area is 206 Å². The van der Waals surface area contributed by atoms with E-state index in [9.17, 15) is 9.59 Å². The maximum absolute atomic E-state index is 13.4. The average Bonchev–Trinajstić information content (AvgIpc) is 2.88. The highest BCUT2D eigenvalue weighted by molar-refractivity contribution is 8.04. The molecule has 3 atom stereocenters. The van der Waals surface area contributed by atoms with Gasteiger partial charge in [-0.2, -0.15) is 0 Å². The Morgan fingerprint density at radius 1 is 0.971 bits per heavy atom. The summed E-state index contributed by atoms with van der Waals surface area (Å²) in [6.45, 7) is 5.36. The summed E-state index contributed by atoms with van der Waals surface area (Å²) >= 11 is 1.72. The van der Waals surface area contributed by atoms with Gasteiger partial charge in [-0.1, -0.05) is 42.5 Å². The largest absolute Gasteiger partial charge is 0.368 e. The van der Waals surface area contributed by atoms with Crippen LogP contribution in [0.5, 0.6) is 0 Å². The normalized spacial score (nSPS) is 26.5. The molecule has 2 saturated heterocycles. The highest BCUT2D eigenvalue weighted by Crippen LogP contribution is 2.43. The number of anilines is 1. The number of amides is 2. The van der Waals surface area contributed by atoms with Crippen LogP contribution in [0.4, 0.5) is 5.69 Å². The average molecular weight is 476 g/mol. The first kappa shape index (κ1) is 23.0. The summed E-state index contributed by atoms with van der Waals surface area (Å²) in [6, 6.07) is 18.7. The van der Waals surface area contributed by atoms with Crippen molar-refractivity contribution in [3.05, 3.63) is 70.6 Å². The Bertz CT molecular complexity index is 1080. The van der Waals surface area contributed by atoms with Crippen LogP contribution in [0.2, 0.25) is 0 Å². The van der Waals surface area contributed by atoms with Gasteiger partial charge in [0.1, 0.15) is 0 Å². The first-order chi connectivity index (χ1) is 16.5. The Morgan fingerprint density at radius 3 is 2.41 bits per heavy atom. The van der Waals surface area contributed by atoms with Gasteiger partial charge < -0.3 is 14.7 Å². The van der Waals surface area contributed by atoms with E-state index in [2.05, 4.69) is 48.2 Å². The van der Waals surface area contributed by atoms with E-state index in [1.165, 1.54) is 11.3 Å². The predicted octanol–water partition coefficient (Wildman–Crippen LogP) is 4.43. The second-order valence-corrected chi connectivity index (χ2v) is 10.9. The minimum absolute atomic E-state index is 0.0160. The molecule has 0 N–H and O–H groups in total. The van der Waals surface area contributed by atoms with Crippen LogP contribution in [-0.4, -0.2) is 66.1 Å². The number of likely N-dealkylation sites (N-methyl/N-ethyl adjacent to an activating group) is 1. The zero-order valence-corrected chi connectivity index (χ0v) is 20.8. The van der Waals surface area contributed by atoms with E-state index in [1.54, 1.807) is 11.8 Å². The topological polar surface area (TPSA) is 43.9 Å². The third-order valence-electron chi connectivity index (χ3n) is 7.60. The molecule has 5 rings (SSSR count). The van der Waals surface area contributed by atoms with Gasteiger partial charge in [-0.15, -0.1) is 11.8 Å². The fourth-order valence-electron chi connectivity index (χ4n) is 5.49. The molecule has 0 spiro atoms. The van der Waals surface area contributed by atoms with Crippen molar-refractivity contribution in [3.63, 3.8) is 0 Å². The molecule has 2 heterocycles. The van der Waals surface area contributed by atoms with E-state index >= 15 is 0 Å². The number of para-hydroxylation sites is 1. The van der Waals surface area contributed by atoms with Crippen LogP contribution in [0.25, 0.3) is 6.08 Å². The summed E-state index contributed by atoms with van der Waals surface area (Å²) in [5, 5.41) is 0.358. The highest BCUT2D eigenvalue weighted by atomic mass is 32.2. The molecule has 3 aliphatic rings. The Morgan fingerprint density at radius 2 is 1.68 bits per heavy atom. The number of hydrogen-bond acceptors (Lipinski definition) is 4. The van der Waals surface area contributed by atoms with Crippen LogP contribution < -0.4 is 4.90 Å². The number of aryl methyl sites for hydroxylation is 1. The number of hydrogen-bond donors (Lipinski definition) is 0. The van der Waals surface area contributed by atoms with Gasteiger partial charge in [-0.3, -0.25) is 9.59 Å². The fraction of sp³-hybridized carbons (Fsp3) is 0.429. The van der Waals surface area contributed by atoms with Gasteiger partial charge in [-0.05, 0) is 55.5 Å². The molecule has 2 aromatic carbocycles. The number of rotatable bonds is 3. The number of benzene rings is 2. The summed E-state index contributed by atoms with van der Waals surface area (Å²) in [7, 11) is 1.91. The SMILES string of the molecule is Cc1ccccc1/C=C1\SC2CCC(C(=O)N3CCN(c4ccccc4)CC3)CC2N(C)C1=O. The molecule has 3 fully saturated rings. The molecular weight excluding hydrogens is 442 g/mol. The van der Waals surface area contributed by atoms with Crippen molar-refractivity contribution in [2.24, 2.45) is 5.92 Å². The van der Waals surface area contributed by atoms with Crippen LogP contribution >= 0.6 is 11.8 Å². The number of carbonyl (C=O) groups is 2. The van der Waals surface area contributed by atoms with Crippen molar-refractivity contribution in [1.29, 1.82) is 0 Å². The standard InChI is InChI=1S/C28H33N3O2S/c1-20-8-6-7-9-21(20)19-26-28(33)29(2)24-18-22(12-13-25(24)34-26)27(32)31-16-14-30(15-17-31)23-10-4-3-5-11-23/h3-11,19,22,24-25H,12-18H2,1-2H3/b26-19-. The molecule has 0 bridgehead atoms. The van der Waals surface area contributed by atoms with Crippen molar-refractivity contribution in [2.75, 3.05) is 38.1 Å². The van der Waals surface area contributed by atoms with Gasteiger partial charge in [0.2, 0.25) is 5.91 Å². The molecule has 2 amide bonds. The van der Waals surface area contributed by atoms with Crippen LogP contribution in [0.1, 0.15) is 30.4 Å². The predicted molar refractivity (Wildman–Crippen MR) is 140 cm³/mol. The number of carbonyl (C=O) groups excluding carboxylic acids is 2. The lowest BCUT2D eigenvalue weighted by molar-refractivity contribution is -0.139. The smallest absolute Gasteiger partial charge is 0.260 e. The molecule has 0 aromatic heterocycles. The molecule has 2 aliphatic heterocycles. The summed E-state index contributed by atoms with van der Waals surface area (Å²) in [5.74, 6) is 0.375. The van der Waals surface area contributed by atoms with Gasteiger partial charge >= 0.3 is 0 Å². The summed E-state index contributed by atoms with van der Waals surface area (Å²) in [5.41, 5.74) is 3.50. The van der Waals surface area contributed by atoms with E-state index in [0.29, 0.717) is 5.25 Å². The zero-order chi connectivity index (χ0) is 23.7. The summed E-state index contributed by atoms with van der Waals surface area (Å²) in [4.78, 5) is 33.7. The molecule has 1 aliphatic carbocycles. The Kier molecular flexibility index (Phi) is 6.68. The molecule has 6 heteroatoms. The van der Waals surface area contributed by atoms with Crippen LogP contribution in [-0.2, 0) is 9.59 Å². The first-order valence-electron chi connectivity index (χ1n) is 12.3. The van der Waals surface area contributed by atoms with Crippen molar-refractivity contribution in [3.8, 4) is 0 Å². The Balaban J connectivity index is 1.21. The molecule has 0 radical (unpaired) electrons. The summed E-state index contributed by atoms with van der Waals surface area (Å²) in [6.07, 6.45) is 4.69. The molecule has 1 saturated carbocycles. The van der Waals surface area contributed by atoms with E-state index in [1.807, 2.05) is 41.1 Å². The van der Waals surface area contributed by atoms with Gasteiger partial charge in [0.25, 0.3) is 5.91 Å². The van der Waals surface area contributed by atoms with Crippen molar-refractivity contribution < 1.29 is 9.59 Å². The molecule has 3 unspecified atom stereocenters. The third kappa shape index (κ3) is 4.61. The molecular formula is C28H33N3O2S. The van der Waals surface area contributed by atoms with E-state index in [0.717, 1.165) is 55.9 Å².